The van der Waals surface area contributed by atoms with E-state index in [2.05, 4.69) is 27.4 Å². The maximum absolute atomic E-state index is 13.4. The quantitative estimate of drug-likeness (QED) is 0.564. The third kappa shape index (κ3) is 3.40. The van der Waals surface area contributed by atoms with Gasteiger partial charge in [0, 0.05) is 29.8 Å². The number of aromatic amines is 1. The normalized spacial score (nSPS) is 19.4. The minimum absolute atomic E-state index is 0.0395. The van der Waals surface area contributed by atoms with Gasteiger partial charge in [0.25, 0.3) is 0 Å². The maximum atomic E-state index is 13.4. The zero-order chi connectivity index (χ0) is 19.7. The van der Waals surface area contributed by atoms with Crippen LogP contribution in [0.5, 0.6) is 5.75 Å². The van der Waals surface area contributed by atoms with Crippen LogP contribution in [0.2, 0.25) is 0 Å². The number of aromatic hydroxyl groups is 1. The summed E-state index contributed by atoms with van der Waals surface area (Å²) >= 11 is 0. The molecule has 0 aliphatic carbocycles. The molecule has 28 heavy (non-hydrogen) atoms. The Balaban J connectivity index is 1.77. The second-order valence-electron chi connectivity index (χ2n) is 7.93. The third-order valence-electron chi connectivity index (χ3n) is 5.82. The molecule has 3 N–H and O–H groups in total. The molecule has 1 aliphatic heterocycles. The first-order valence-corrected chi connectivity index (χ1v) is 9.90. The molecule has 146 valence electrons. The number of Topliss-reactive ketones (excluding diaryl/α,β-unsaturated/α-hetero) is 1. The van der Waals surface area contributed by atoms with Gasteiger partial charge in [-0.15, -0.1) is 0 Å². The van der Waals surface area contributed by atoms with E-state index in [1.807, 2.05) is 13.0 Å². The highest BCUT2D eigenvalue weighted by atomic mass is 16.3. The van der Waals surface area contributed by atoms with Crippen LogP contribution in [0.15, 0.2) is 30.3 Å². The number of fused-ring (bicyclic) bond motifs is 1. The Bertz CT molecular complexity index is 1000. The number of aromatic nitrogens is 3. The van der Waals surface area contributed by atoms with E-state index in [1.54, 1.807) is 24.3 Å². The Morgan fingerprint density at radius 1 is 1.29 bits per heavy atom. The van der Waals surface area contributed by atoms with Crippen molar-refractivity contribution in [1.29, 1.82) is 0 Å². The molecule has 1 atom stereocenters. The molecule has 1 aromatic carbocycles. The largest absolute Gasteiger partial charge is 0.508 e. The topological polar surface area (TPSA) is 90.9 Å². The zero-order valence-corrected chi connectivity index (χ0v) is 16.4. The van der Waals surface area contributed by atoms with Crippen molar-refractivity contribution in [2.75, 3.05) is 13.1 Å². The highest BCUT2D eigenvalue weighted by Gasteiger charge is 2.36. The standard InChI is InChI=1S/C22H26N4O2/c1-3-8-22(9-10-23-13-22)12-19(28)17-11-18(15-4-6-16(27)7-5-15)24-21-20(17)14(2)25-26-21/h4-7,11,23,27H,3,8-10,12-13H2,1-2H3,(H,24,25,26). The van der Waals surface area contributed by atoms with Gasteiger partial charge in [0.15, 0.2) is 11.4 Å². The number of phenolic OH excluding ortho intramolecular Hbond substituents is 1. The predicted octanol–water partition coefficient (Wildman–Crippen LogP) is 3.99. The molecule has 3 aromatic rings. The van der Waals surface area contributed by atoms with Crippen molar-refractivity contribution in [1.82, 2.24) is 20.5 Å². The fourth-order valence-corrected chi connectivity index (χ4v) is 4.39. The van der Waals surface area contributed by atoms with Crippen LogP contribution in [0.1, 0.15) is 48.7 Å². The molecule has 0 saturated carbocycles. The molecule has 0 radical (unpaired) electrons. The van der Waals surface area contributed by atoms with Gasteiger partial charge in [0.1, 0.15) is 5.75 Å². The van der Waals surface area contributed by atoms with E-state index in [9.17, 15) is 9.90 Å². The Hall–Kier alpha value is -2.73. The van der Waals surface area contributed by atoms with Crippen molar-refractivity contribution in [3.8, 4) is 17.0 Å². The maximum Gasteiger partial charge on any atom is 0.182 e. The molecule has 1 aliphatic rings. The van der Waals surface area contributed by atoms with Crippen LogP contribution in [-0.2, 0) is 0 Å². The Morgan fingerprint density at radius 2 is 2.07 bits per heavy atom. The molecule has 6 heteroatoms. The van der Waals surface area contributed by atoms with Gasteiger partial charge in [0.2, 0.25) is 0 Å². The van der Waals surface area contributed by atoms with Crippen molar-refractivity contribution in [2.45, 2.75) is 39.5 Å². The number of pyridine rings is 1. The molecule has 1 fully saturated rings. The number of aryl methyl sites for hydroxylation is 1. The van der Waals surface area contributed by atoms with Crippen molar-refractivity contribution < 1.29 is 9.90 Å². The number of hydrogen-bond donors (Lipinski definition) is 3. The van der Waals surface area contributed by atoms with Gasteiger partial charge in [-0.2, -0.15) is 5.10 Å². The molecule has 1 saturated heterocycles. The van der Waals surface area contributed by atoms with E-state index < -0.39 is 0 Å². The molecule has 0 amide bonds. The molecule has 6 nitrogen and oxygen atoms in total. The second kappa shape index (κ2) is 7.36. The molecule has 0 spiro atoms. The van der Waals surface area contributed by atoms with Crippen LogP contribution in [0.4, 0.5) is 0 Å². The summed E-state index contributed by atoms with van der Waals surface area (Å²) in [5, 5.41) is 21.1. The summed E-state index contributed by atoms with van der Waals surface area (Å²) < 4.78 is 0. The smallest absolute Gasteiger partial charge is 0.182 e. The van der Waals surface area contributed by atoms with Gasteiger partial charge in [-0.05, 0) is 62.1 Å². The van der Waals surface area contributed by atoms with Crippen LogP contribution >= 0.6 is 0 Å². The molecule has 4 rings (SSSR count). The number of nitrogens with one attached hydrogen (secondary N) is 2. The SMILES string of the molecule is CCCC1(CC(=O)c2cc(-c3ccc(O)cc3)nc3n[nH]c(C)c23)CCNC1. The summed E-state index contributed by atoms with van der Waals surface area (Å²) in [6, 6.07) is 8.73. The summed E-state index contributed by atoms with van der Waals surface area (Å²) in [5.74, 6) is 0.348. The Kier molecular flexibility index (Phi) is 4.89. The van der Waals surface area contributed by atoms with Gasteiger partial charge in [0.05, 0.1) is 11.1 Å². The number of carbonyl (C=O) groups is 1. The lowest BCUT2D eigenvalue weighted by atomic mass is 9.77. The lowest BCUT2D eigenvalue weighted by Gasteiger charge is -2.27. The van der Waals surface area contributed by atoms with E-state index in [4.69, 9.17) is 0 Å². The Labute approximate surface area is 164 Å². The summed E-state index contributed by atoms with van der Waals surface area (Å²) in [6.45, 7) is 5.98. The van der Waals surface area contributed by atoms with Gasteiger partial charge in [-0.25, -0.2) is 4.98 Å². The van der Waals surface area contributed by atoms with Crippen molar-refractivity contribution in [3.05, 3.63) is 41.6 Å². The number of rotatable bonds is 6. The van der Waals surface area contributed by atoms with Crippen LogP contribution in [0.3, 0.4) is 0 Å². The summed E-state index contributed by atoms with van der Waals surface area (Å²) in [4.78, 5) is 18.1. The first kappa shape index (κ1) is 18.6. The predicted molar refractivity (Wildman–Crippen MR) is 110 cm³/mol. The number of nitrogens with zero attached hydrogens (tertiary/aromatic N) is 2. The van der Waals surface area contributed by atoms with Crippen molar-refractivity contribution in [2.24, 2.45) is 5.41 Å². The molecule has 1 unspecified atom stereocenters. The number of ketones is 1. The fourth-order valence-electron chi connectivity index (χ4n) is 4.39. The minimum Gasteiger partial charge on any atom is -0.508 e. The number of H-pyrrole nitrogens is 1. The highest BCUT2D eigenvalue weighted by Crippen LogP contribution is 2.37. The Morgan fingerprint density at radius 3 is 2.75 bits per heavy atom. The van der Waals surface area contributed by atoms with Crippen LogP contribution in [0, 0.1) is 12.3 Å². The average molecular weight is 378 g/mol. The van der Waals surface area contributed by atoms with Crippen molar-refractivity contribution >= 4 is 16.8 Å². The van der Waals surface area contributed by atoms with E-state index in [0.717, 1.165) is 49.0 Å². The zero-order valence-electron chi connectivity index (χ0n) is 16.4. The first-order chi connectivity index (χ1) is 13.5. The van der Waals surface area contributed by atoms with Gasteiger partial charge < -0.3 is 10.4 Å². The van der Waals surface area contributed by atoms with E-state index in [1.165, 1.54) is 0 Å². The highest BCUT2D eigenvalue weighted by molar-refractivity contribution is 6.08. The number of phenols is 1. The van der Waals surface area contributed by atoms with Crippen LogP contribution in [0.25, 0.3) is 22.3 Å². The number of hydrogen-bond acceptors (Lipinski definition) is 5. The molecule has 2 aromatic heterocycles. The first-order valence-electron chi connectivity index (χ1n) is 9.90. The summed E-state index contributed by atoms with van der Waals surface area (Å²) in [5.41, 5.74) is 3.67. The summed E-state index contributed by atoms with van der Waals surface area (Å²) in [6.07, 6.45) is 3.70. The van der Waals surface area contributed by atoms with Crippen LogP contribution < -0.4 is 5.32 Å². The lowest BCUT2D eigenvalue weighted by molar-refractivity contribution is 0.0914. The monoisotopic (exact) mass is 378 g/mol. The van der Waals surface area contributed by atoms with E-state index in [0.29, 0.717) is 23.3 Å². The summed E-state index contributed by atoms with van der Waals surface area (Å²) in [7, 11) is 0. The molecule has 3 heterocycles. The molecule has 0 bridgehead atoms. The molecular weight excluding hydrogens is 352 g/mol. The van der Waals surface area contributed by atoms with Gasteiger partial charge >= 0.3 is 0 Å². The number of carbonyl (C=O) groups excluding carboxylic acids is 1. The van der Waals surface area contributed by atoms with Gasteiger partial charge in [-0.3, -0.25) is 9.89 Å². The third-order valence-corrected chi connectivity index (χ3v) is 5.82. The molecular formula is C22H26N4O2. The van der Waals surface area contributed by atoms with Gasteiger partial charge in [-0.1, -0.05) is 13.3 Å². The lowest BCUT2D eigenvalue weighted by Crippen LogP contribution is -2.27. The van der Waals surface area contributed by atoms with E-state index >= 15 is 0 Å². The average Bonchev–Trinajstić information content (AvgIpc) is 3.29. The van der Waals surface area contributed by atoms with Crippen molar-refractivity contribution in [3.63, 3.8) is 0 Å². The van der Waals surface area contributed by atoms with Crippen LogP contribution in [-0.4, -0.2) is 39.2 Å². The number of benzene rings is 1. The fraction of sp³-hybridized carbons (Fsp3) is 0.409. The minimum atomic E-state index is 0.0395. The van der Waals surface area contributed by atoms with E-state index in [-0.39, 0.29) is 16.9 Å². The second-order valence-corrected chi connectivity index (χ2v) is 7.93.